The Morgan fingerprint density at radius 1 is 1.21 bits per heavy atom. The van der Waals surface area contributed by atoms with Gasteiger partial charge in [0.15, 0.2) is 8.32 Å². The summed E-state index contributed by atoms with van der Waals surface area (Å²) in [6.45, 7) is 14.3. The first-order chi connectivity index (χ1) is 8.62. The molecule has 1 aromatic carbocycles. The molecule has 1 N–H and O–H groups in total. The van der Waals surface area contributed by atoms with Crippen molar-refractivity contribution in [2.24, 2.45) is 0 Å². The summed E-state index contributed by atoms with van der Waals surface area (Å²) in [5.74, 6) is 0. The van der Waals surface area contributed by atoms with Crippen molar-refractivity contribution < 1.29 is 4.43 Å². The van der Waals surface area contributed by atoms with Crippen LogP contribution in [0.5, 0.6) is 0 Å². The van der Waals surface area contributed by atoms with Crippen molar-refractivity contribution in [2.75, 3.05) is 0 Å². The molecule has 1 unspecified atom stereocenters. The molecule has 0 aliphatic heterocycles. The molecule has 0 saturated heterocycles. The van der Waals surface area contributed by atoms with Gasteiger partial charge >= 0.3 is 0 Å². The summed E-state index contributed by atoms with van der Waals surface area (Å²) in [5, 5.41) is 3.69. The molecular weight excluding hydrogens is 318 g/mol. The maximum absolute atomic E-state index is 6.27. The van der Waals surface area contributed by atoms with Gasteiger partial charge in [0.25, 0.3) is 0 Å². The van der Waals surface area contributed by atoms with Gasteiger partial charge in [0.1, 0.15) is 0 Å². The van der Waals surface area contributed by atoms with Crippen LogP contribution >= 0.6 is 15.9 Å². The SMILES string of the molecule is CC(NCc1ccc(Br)cc1)O[Si](C)(C)C(C)(C)C. The van der Waals surface area contributed by atoms with Crippen LogP contribution in [0.3, 0.4) is 0 Å². The van der Waals surface area contributed by atoms with Crippen LogP contribution in [0.4, 0.5) is 0 Å². The fraction of sp³-hybridized carbons (Fsp3) is 0.600. The lowest BCUT2D eigenvalue weighted by Crippen LogP contribution is -2.46. The lowest BCUT2D eigenvalue weighted by molar-refractivity contribution is 0.161. The molecule has 1 aromatic rings. The minimum absolute atomic E-state index is 0.0875. The normalized spacial score (nSPS) is 14.5. The predicted molar refractivity (Wildman–Crippen MR) is 88.7 cm³/mol. The van der Waals surface area contributed by atoms with Gasteiger partial charge in [-0.2, -0.15) is 0 Å². The fourth-order valence-electron chi connectivity index (χ4n) is 1.52. The quantitative estimate of drug-likeness (QED) is 0.605. The van der Waals surface area contributed by atoms with Gasteiger partial charge < -0.3 is 4.43 Å². The van der Waals surface area contributed by atoms with Crippen LogP contribution < -0.4 is 5.32 Å². The Hall–Kier alpha value is -0.163. The van der Waals surface area contributed by atoms with Crippen molar-refractivity contribution in [2.45, 2.75) is 58.6 Å². The second-order valence-corrected chi connectivity index (χ2v) is 12.2. The van der Waals surface area contributed by atoms with Crippen LogP contribution in [0, 0.1) is 0 Å². The molecule has 4 heteroatoms. The van der Waals surface area contributed by atoms with Crippen LogP contribution in [-0.4, -0.2) is 14.5 Å². The summed E-state index contributed by atoms with van der Waals surface area (Å²) in [6.07, 6.45) is 0.0875. The minimum atomic E-state index is -1.69. The average molecular weight is 344 g/mol. The number of halogens is 1. The Balaban J connectivity index is 2.48. The van der Waals surface area contributed by atoms with Gasteiger partial charge in [-0.15, -0.1) is 0 Å². The van der Waals surface area contributed by atoms with Crippen LogP contribution in [0.25, 0.3) is 0 Å². The molecule has 0 aliphatic rings. The van der Waals surface area contributed by atoms with E-state index in [2.05, 4.69) is 86.3 Å². The van der Waals surface area contributed by atoms with Crippen molar-refractivity contribution in [3.8, 4) is 0 Å². The summed E-state index contributed by atoms with van der Waals surface area (Å²) in [6, 6.07) is 8.37. The Morgan fingerprint density at radius 2 is 1.74 bits per heavy atom. The van der Waals surface area contributed by atoms with Gasteiger partial charge in [-0.3, -0.25) is 5.32 Å². The molecule has 0 aromatic heterocycles. The number of nitrogens with one attached hydrogen (secondary N) is 1. The summed E-state index contributed by atoms with van der Waals surface area (Å²) in [5.41, 5.74) is 1.27. The third-order valence-corrected chi connectivity index (χ3v) is 8.87. The molecule has 19 heavy (non-hydrogen) atoms. The van der Waals surface area contributed by atoms with Crippen LogP contribution in [0.1, 0.15) is 33.3 Å². The second kappa shape index (κ2) is 6.53. The van der Waals surface area contributed by atoms with E-state index >= 15 is 0 Å². The molecule has 0 radical (unpaired) electrons. The molecule has 0 heterocycles. The lowest BCUT2D eigenvalue weighted by Gasteiger charge is -2.38. The fourth-order valence-corrected chi connectivity index (χ4v) is 3.11. The molecule has 0 amide bonds. The van der Waals surface area contributed by atoms with E-state index in [0.717, 1.165) is 11.0 Å². The standard InChI is InChI=1S/C15H26BrNOSi/c1-12(18-19(5,6)15(2,3)4)17-11-13-7-9-14(16)10-8-13/h7-10,12,17H,11H2,1-6H3. The molecule has 0 saturated carbocycles. The first-order valence-electron chi connectivity index (χ1n) is 6.77. The number of hydrogen-bond donors (Lipinski definition) is 1. The molecule has 0 spiro atoms. The molecule has 0 bridgehead atoms. The Kier molecular flexibility index (Phi) is 5.80. The van der Waals surface area contributed by atoms with Gasteiger partial charge in [0.2, 0.25) is 0 Å². The van der Waals surface area contributed by atoms with E-state index in [-0.39, 0.29) is 11.3 Å². The summed E-state index contributed by atoms with van der Waals surface area (Å²) >= 11 is 3.45. The number of benzene rings is 1. The molecule has 108 valence electrons. The van der Waals surface area contributed by atoms with E-state index in [1.165, 1.54) is 5.56 Å². The highest BCUT2D eigenvalue weighted by Crippen LogP contribution is 2.37. The van der Waals surface area contributed by atoms with Crippen molar-refractivity contribution in [1.29, 1.82) is 0 Å². The van der Waals surface area contributed by atoms with E-state index in [1.54, 1.807) is 0 Å². The van der Waals surface area contributed by atoms with E-state index in [1.807, 2.05) is 0 Å². The molecule has 2 nitrogen and oxygen atoms in total. The Morgan fingerprint density at radius 3 is 2.21 bits per heavy atom. The zero-order chi connectivity index (χ0) is 14.7. The monoisotopic (exact) mass is 343 g/mol. The number of rotatable bonds is 5. The Bertz CT molecular complexity index is 398. The van der Waals surface area contributed by atoms with Crippen molar-refractivity contribution in [3.05, 3.63) is 34.3 Å². The van der Waals surface area contributed by atoms with Crippen molar-refractivity contribution in [3.63, 3.8) is 0 Å². The summed E-state index contributed by atoms with van der Waals surface area (Å²) in [7, 11) is -1.69. The van der Waals surface area contributed by atoms with Crippen molar-refractivity contribution >= 4 is 24.2 Å². The van der Waals surface area contributed by atoms with E-state index in [9.17, 15) is 0 Å². The highest BCUT2D eigenvalue weighted by Gasteiger charge is 2.38. The van der Waals surface area contributed by atoms with Gasteiger partial charge in [0, 0.05) is 11.0 Å². The van der Waals surface area contributed by atoms with Gasteiger partial charge in [-0.05, 0) is 42.8 Å². The average Bonchev–Trinajstić information content (AvgIpc) is 2.26. The zero-order valence-corrected chi connectivity index (χ0v) is 15.5. The van der Waals surface area contributed by atoms with E-state index < -0.39 is 8.32 Å². The lowest BCUT2D eigenvalue weighted by atomic mass is 10.2. The van der Waals surface area contributed by atoms with Gasteiger partial charge in [-0.1, -0.05) is 48.8 Å². The summed E-state index contributed by atoms with van der Waals surface area (Å²) in [4.78, 5) is 0. The molecule has 0 aliphatic carbocycles. The number of hydrogen-bond acceptors (Lipinski definition) is 2. The minimum Gasteiger partial charge on any atom is -0.402 e. The largest absolute Gasteiger partial charge is 0.402 e. The third-order valence-electron chi connectivity index (χ3n) is 3.78. The first kappa shape index (κ1) is 16.9. The maximum atomic E-state index is 6.27. The third kappa shape index (κ3) is 5.38. The molecule has 1 rings (SSSR count). The Labute approximate surface area is 127 Å². The maximum Gasteiger partial charge on any atom is 0.194 e. The zero-order valence-electron chi connectivity index (χ0n) is 12.9. The van der Waals surface area contributed by atoms with Gasteiger partial charge in [-0.25, -0.2) is 0 Å². The molecule has 0 fully saturated rings. The highest BCUT2D eigenvalue weighted by atomic mass is 79.9. The summed E-state index contributed by atoms with van der Waals surface area (Å²) < 4.78 is 7.38. The van der Waals surface area contributed by atoms with Gasteiger partial charge in [0.05, 0.1) is 6.23 Å². The predicted octanol–water partition coefficient (Wildman–Crippen LogP) is 4.91. The smallest absolute Gasteiger partial charge is 0.194 e. The first-order valence-corrected chi connectivity index (χ1v) is 10.5. The molecular formula is C15H26BrNOSi. The van der Waals surface area contributed by atoms with E-state index in [0.29, 0.717) is 0 Å². The second-order valence-electron chi connectivity index (χ2n) is 6.53. The van der Waals surface area contributed by atoms with E-state index in [4.69, 9.17) is 4.43 Å². The van der Waals surface area contributed by atoms with Crippen LogP contribution in [-0.2, 0) is 11.0 Å². The topological polar surface area (TPSA) is 21.3 Å². The van der Waals surface area contributed by atoms with Crippen LogP contribution in [0.15, 0.2) is 28.7 Å². The van der Waals surface area contributed by atoms with Crippen molar-refractivity contribution in [1.82, 2.24) is 5.32 Å². The van der Waals surface area contributed by atoms with Crippen LogP contribution in [0.2, 0.25) is 18.1 Å². The highest BCUT2D eigenvalue weighted by molar-refractivity contribution is 9.10. The molecule has 1 atom stereocenters.